The van der Waals surface area contributed by atoms with Gasteiger partial charge in [-0.15, -0.1) is 0 Å². The van der Waals surface area contributed by atoms with Crippen molar-refractivity contribution >= 4 is 23.4 Å². The van der Waals surface area contributed by atoms with Crippen molar-refractivity contribution in [3.8, 4) is 0 Å². The van der Waals surface area contributed by atoms with Gasteiger partial charge in [-0.2, -0.15) is 0 Å². The van der Waals surface area contributed by atoms with Crippen LogP contribution in [0.5, 0.6) is 0 Å². The van der Waals surface area contributed by atoms with E-state index in [1.165, 1.54) is 14.2 Å². The van der Waals surface area contributed by atoms with Crippen LogP contribution in [-0.4, -0.2) is 40.6 Å². The van der Waals surface area contributed by atoms with E-state index in [1.807, 2.05) is 6.92 Å². The first-order chi connectivity index (χ1) is 11.9. The first-order valence-corrected chi connectivity index (χ1v) is 11.4. The molecule has 0 aliphatic heterocycles. The Balaban J connectivity index is 3.22. The van der Waals surface area contributed by atoms with Gasteiger partial charge in [0, 0.05) is 14.2 Å². The average Bonchev–Trinajstić information content (AvgIpc) is 2.50. The SMILES string of the molecule is COP(=O)(CC(=O)[C@H](NS(=O)(=O)c1c(C)cc(C)cc1C)C(C)C)OC. The lowest BCUT2D eigenvalue weighted by Gasteiger charge is -2.24. The molecule has 1 aromatic rings. The van der Waals surface area contributed by atoms with E-state index in [9.17, 15) is 17.8 Å². The first kappa shape index (κ1) is 23.0. The highest BCUT2D eigenvalue weighted by molar-refractivity contribution is 7.89. The number of carbonyl (C=O) groups excluding carboxylic acids is 1. The van der Waals surface area contributed by atoms with E-state index >= 15 is 0 Å². The van der Waals surface area contributed by atoms with Crippen molar-refractivity contribution in [2.75, 3.05) is 20.4 Å². The summed E-state index contributed by atoms with van der Waals surface area (Å²) < 4.78 is 50.1. The van der Waals surface area contributed by atoms with Gasteiger partial charge in [-0.05, 0) is 37.8 Å². The predicted octanol–water partition coefficient (Wildman–Crippen LogP) is 2.97. The molecule has 0 radical (unpaired) electrons. The van der Waals surface area contributed by atoms with Gasteiger partial charge in [0.2, 0.25) is 10.0 Å². The van der Waals surface area contributed by atoms with Gasteiger partial charge < -0.3 is 9.05 Å². The molecular formula is C17H28NO6PS. The van der Waals surface area contributed by atoms with Crippen LogP contribution >= 0.6 is 7.60 Å². The molecule has 1 rings (SSSR count). The molecule has 0 spiro atoms. The summed E-state index contributed by atoms with van der Waals surface area (Å²) in [6.45, 7) is 8.74. The number of rotatable bonds is 9. The third kappa shape index (κ3) is 5.47. The summed E-state index contributed by atoms with van der Waals surface area (Å²) in [5.74, 6) is -0.886. The molecule has 0 saturated heterocycles. The van der Waals surface area contributed by atoms with E-state index in [-0.39, 0.29) is 10.8 Å². The Morgan fingerprint density at radius 1 is 1.12 bits per heavy atom. The standard InChI is InChI=1S/C17H28NO6PS/c1-11(2)16(15(19)10-25(20,23-6)24-7)18-26(21,22)17-13(4)8-12(3)9-14(17)5/h8-9,11,16,18H,10H2,1-7H3/t16-/m1/s1. The van der Waals surface area contributed by atoms with E-state index in [2.05, 4.69) is 4.72 Å². The molecule has 0 aromatic heterocycles. The fourth-order valence-corrected chi connectivity index (χ4v) is 5.69. The molecule has 0 bridgehead atoms. The molecule has 1 atom stereocenters. The molecule has 0 saturated carbocycles. The molecule has 1 N–H and O–H groups in total. The van der Waals surface area contributed by atoms with Crippen LogP contribution in [-0.2, 0) is 28.4 Å². The van der Waals surface area contributed by atoms with Crippen LogP contribution in [0.4, 0.5) is 0 Å². The third-order valence-corrected chi connectivity index (χ3v) is 7.63. The van der Waals surface area contributed by atoms with Crippen molar-refractivity contribution in [2.45, 2.75) is 45.6 Å². The highest BCUT2D eigenvalue weighted by Crippen LogP contribution is 2.46. The van der Waals surface area contributed by atoms with Gasteiger partial charge in [0.15, 0.2) is 5.78 Å². The zero-order chi connectivity index (χ0) is 20.3. The van der Waals surface area contributed by atoms with Crippen LogP contribution in [0.15, 0.2) is 17.0 Å². The number of sulfonamides is 1. The number of benzene rings is 1. The van der Waals surface area contributed by atoms with Crippen LogP contribution in [0.2, 0.25) is 0 Å². The summed E-state index contributed by atoms with van der Waals surface area (Å²) >= 11 is 0. The van der Waals surface area contributed by atoms with Crippen molar-refractivity contribution in [2.24, 2.45) is 5.92 Å². The lowest BCUT2D eigenvalue weighted by atomic mass is 10.0. The molecular weight excluding hydrogens is 377 g/mol. The van der Waals surface area contributed by atoms with Crippen molar-refractivity contribution in [1.82, 2.24) is 4.72 Å². The summed E-state index contributed by atoms with van der Waals surface area (Å²) in [6, 6.07) is 2.51. The smallest absolute Gasteiger partial charge is 0.312 e. The van der Waals surface area contributed by atoms with Crippen molar-refractivity contribution in [3.05, 3.63) is 28.8 Å². The summed E-state index contributed by atoms with van der Waals surface area (Å²) in [5.41, 5.74) is 2.16. The number of nitrogens with one attached hydrogen (secondary N) is 1. The second kappa shape index (κ2) is 8.76. The van der Waals surface area contributed by atoms with Gasteiger partial charge in [-0.3, -0.25) is 9.36 Å². The number of hydrogen-bond acceptors (Lipinski definition) is 6. The second-order valence-corrected chi connectivity index (χ2v) is 10.6. The molecule has 0 aliphatic rings. The maximum Gasteiger partial charge on any atom is 0.337 e. The highest BCUT2D eigenvalue weighted by atomic mass is 32.2. The Kier molecular flexibility index (Phi) is 7.74. The van der Waals surface area contributed by atoms with Gasteiger partial charge in [0.1, 0.15) is 6.16 Å². The Labute approximate surface area is 156 Å². The number of hydrogen-bond donors (Lipinski definition) is 1. The van der Waals surface area contributed by atoms with E-state index < -0.39 is 35.6 Å². The first-order valence-electron chi connectivity index (χ1n) is 8.20. The third-order valence-electron chi connectivity index (χ3n) is 4.07. The van der Waals surface area contributed by atoms with Crippen molar-refractivity contribution < 1.29 is 26.8 Å². The average molecular weight is 405 g/mol. The Hall–Kier alpha value is -1.05. The molecule has 9 heteroatoms. The zero-order valence-corrected chi connectivity index (χ0v) is 18.0. The molecule has 1 aromatic carbocycles. The summed E-state index contributed by atoms with van der Waals surface area (Å²) in [6.07, 6.45) is -0.503. The second-order valence-electron chi connectivity index (χ2n) is 6.67. The minimum absolute atomic E-state index is 0.156. The Morgan fingerprint density at radius 3 is 1.96 bits per heavy atom. The maximum atomic E-state index is 12.9. The number of aryl methyl sites for hydroxylation is 3. The number of carbonyl (C=O) groups is 1. The molecule has 0 amide bonds. The quantitative estimate of drug-likeness (QED) is 0.634. The van der Waals surface area contributed by atoms with E-state index in [4.69, 9.17) is 9.05 Å². The topological polar surface area (TPSA) is 98.8 Å². The van der Waals surface area contributed by atoms with Gasteiger partial charge in [-0.1, -0.05) is 31.5 Å². The predicted molar refractivity (Wildman–Crippen MR) is 101 cm³/mol. The van der Waals surface area contributed by atoms with Gasteiger partial charge >= 0.3 is 7.60 Å². The van der Waals surface area contributed by atoms with E-state index in [1.54, 1.807) is 39.8 Å². The minimum atomic E-state index is -3.94. The lowest BCUT2D eigenvalue weighted by Crippen LogP contribution is -2.45. The number of ketones is 1. The van der Waals surface area contributed by atoms with Gasteiger partial charge in [-0.25, -0.2) is 13.1 Å². The monoisotopic (exact) mass is 405 g/mol. The van der Waals surface area contributed by atoms with Crippen molar-refractivity contribution in [3.63, 3.8) is 0 Å². The highest BCUT2D eigenvalue weighted by Gasteiger charge is 2.35. The molecule has 148 valence electrons. The summed E-state index contributed by atoms with van der Waals surface area (Å²) in [4.78, 5) is 12.7. The molecule has 0 aliphatic carbocycles. The molecule has 26 heavy (non-hydrogen) atoms. The summed E-state index contributed by atoms with van der Waals surface area (Å²) in [7, 11) is -5.15. The normalized spacial score (nSPS) is 13.8. The molecule has 0 heterocycles. The van der Waals surface area contributed by atoms with Crippen LogP contribution in [0.25, 0.3) is 0 Å². The molecule has 0 fully saturated rings. The summed E-state index contributed by atoms with van der Waals surface area (Å²) in [5, 5.41) is 0. The van der Waals surface area contributed by atoms with Crippen LogP contribution in [0, 0.1) is 26.7 Å². The van der Waals surface area contributed by atoms with Crippen molar-refractivity contribution in [1.29, 1.82) is 0 Å². The maximum absolute atomic E-state index is 12.9. The lowest BCUT2D eigenvalue weighted by molar-refractivity contribution is -0.119. The van der Waals surface area contributed by atoms with Crippen LogP contribution < -0.4 is 4.72 Å². The Morgan fingerprint density at radius 2 is 1.58 bits per heavy atom. The largest absolute Gasteiger partial charge is 0.337 e. The fraction of sp³-hybridized carbons (Fsp3) is 0.588. The van der Waals surface area contributed by atoms with E-state index in [0.717, 1.165) is 5.56 Å². The number of Topliss-reactive ketones (excluding diaryl/α,β-unsaturated/α-hetero) is 1. The van der Waals surface area contributed by atoms with Gasteiger partial charge in [0.25, 0.3) is 0 Å². The zero-order valence-electron chi connectivity index (χ0n) is 16.3. The van der Waals surface area contributed by atoms with Gasteiger partial charge in [0.05, 0.1) is 10.9 Å². The van der Waals surface area contributed by atoms with Crippen LogP contribution in [0.1, 0.15) is 30.5 Å². The molecule has 7 nitrogen and oxygen atoms in total. The fourth-order valence-electron chi connectivity index (χ4n) is 2.88. The minimum Gasteiger partial charge on any atom is -0.312 e. The Bertz CT molecular complexity index is 788. The van der Waals surface area contributed by atoms with E-state index in [0.29, 0.717) is 11.1 Å². The molecule has 0 unspecified atom stereocenters. The van der Waals surface area contributed by atoms with Crippen LogP contribution in [0.3, 0.4) is 0 Å².